The first-order valence-electron chi connectivity index (χ1n) is 5.68. The number of benzene rings is 1. The number of aromatic nitrogens is 3. The van der Waals surface area contributed by atoms with E-state index in [9.17, 15) is 0 Å². The van der Waals surface area contributed by atoms with Gasteiger partial charge >= 0.3 is 0 Å². The predicted molar refractivity (Wildman–Crippen MR) is 76.8 cm³/mol. The second kappa shape index (κ2) is 4.38. The summed E-state index contributed by atoms with van der Waals surface area (Å²) >= 11 is 3.55. The number of rotatable bonds is 2. The third-order valence-electron chi connectivity index (χ3n) is 3.10. The van der Waals surface area contributed by atoms with E-state index in [2.05, 4.69) is 26.0 Å². The molecule has 0 saturated heterocycles. The molecule has 0 N–H and O–H groups in total. The van der Waals surface area contributed by atoms with E-state index in [-0.39, 0.29) is 0 Å². The molecule has 0 bridgehead atoms. The highest BCUT2D eigenvalue weighted by molar-refractivity contribution is 9.10. The number of aryl methyl sites for hydroxylation is 1. The molecule has 0 saturated carbocycles. The lowest BCUT2D eigenvalue weighted by molar-refractivity contribution is 0.356. The summed E-state index contributed by atoms with van der Waals surface area (Å²) in [5, 5.41) is 6.40. The van der Waals surface area contributed by atoms with Gasteiger partial charge in [0.2, 0.25) is 0 Å². The maximum absolute atomic E-state index is 5.34. The van der Waals surface area contributed by atoms with Crippen molar-refractivity contribution < 1.29 is 9.47 Å². The average Bonchev–Trinajstić information content (AvgIpc) is 2.73. The first kappa shape index (κ1) is 12.2. The van der Waals surface area contributed by atoms with Crippen molar-refractivity contribution in [1.29, 1.82) is 0 Å². The van der Waals surface area contributed by atoms with Crippen molar-refractivity contribution in [3.05, 3.63) is 22.9 Å². The number of methoxy groups -OCH3 is 2. The van der Waals surface area contributed by atoms with Crippen LogP contribution in [0.15, 0.2) is 22.9 Å². The van der Waals surface area contributed by atoms with E-state index >= 15 is 0 Å². The van der Waals surface area contributed by atoms with Crippen molar-refractivity contribution in [2.45, 2.75) is 0 Å². The van der Waals surface area contributed by atoms with Gasteiger partial charge in [-0.05, 0) is 22.0 Å². The van der Waals surface area contributed by atoms with E-state index in [4.69, 9.17) is 9.47 Å². The van der Waals surface area contributed by atoms with Crippen LogP contribution >= 0.6 is 15.9 Å². The molecule has 0 fully saturated rings. The zero-order valence-electron chi connectivity index (χ0n) is 10.8. The molecule has 3 aromatic rings. The lowest BCUT2D eigenvalue weighted by Gasteiger charge is -2.09. The van der Waals surface area contributed by atoms with Crippen LogP contribution in [0, 0.1) is 0 Å². The molecule has 0 aliphatic heterocycles. The Labute approximate surface area is 118 Å². The minimum Gasteiger partial charge on any atom is -0.493 e. The van der Waals surface area contributed by atoms with E-state index in [1.165, 1.54) is 0 Å². The molecule has 3 rings (SSSR count). The number of nitrogens with zero attached hydrogens (tertiary/aromatic N) is 3. The molecule has 0 aliphatic rings. The topological polar surface area (TPSA) is 49.2 Å². The minimum atomic E-state index is 0.668. The SMILES string of the molecule is COc1cc2ncc3nn(C)c(Br)c3c2cc1OC. The third-order valence-corrected chi connectivity index (χ3v) is 4.01. The molecule has 98 valence electrons. The lowest BCUT2D eigenvalue weighted by Crippen LogP contribution is -1.91. The van der Waals surface area contributed by atoms with Gasteiger partial charge in [0.05, 0.1) is 25.9 Å². The fraction of sp³-hybridized carbons (Fsp3) is 0.231. The van der Waals surface area contributed by atoms with Crippen LogP contribution in [-0.2, 0) is 7.05 Å². The zero-order chi connectivity index (χ0) is 13.6. The molecule has 0 aliphatic carbocycles. The van der Waals surface area contributed by atoms with Gasteiger partial charge in [0.15, 0.2) is 11.5 Å². The van der Waals surface area contributed by atoms with Gasteiger partial charge in [0.25, 0.3) is 0 Å². The number of fused-ring (bicyclic) bond motifs is 3. The maximum atomic E-state index is 5.34. The number of hydrogen-bond acceptors (Lipinski definition) is 4. The van der Waals surface area contributed by atoms with E-state index < -0.39 is 0 Å². The van der Waals surface area contributed by atoms with Gasteiger partial charge in [-0.2, -0.15) is 5.10 Å². The zero-order valence-corrected chi connectivity index (χ0v) is 12.4. The minimum absolute atomic E-state index is 0.668. The molecular weight excluding hydrogens is 310 g/mol. The van der Waals surface area contributed by atoms with Crippen molar-refractivity contribution in [3.63, 3.8) is 0 Å². The summed E-state index contributed by atoms with van der Waals surface area (Å²) in [5.74, 6) is 1.35. The van der Waals surface area contributed by atoms with Crippen LogP contribution in [0.5, 0.6) is 11.5 Å². The van der Waals surface area contributed by atoms with Crippen LogP contribution in [0.4, 0.5) is 0 Å². The van der Waals surface area contributed by atoms with Crippen molar-refractivity contribution in [2.24, 2.45) is 7.05 Å². The summed E-state index contributed by atoms with van der Waals surface area (Å²) in [6.07, 6.45) is 1.76. The number of hydrogen-bond donors (Lipinski definition) is 0. The second-order valence-electron chi connectivity index (χ2n) is 4.16. The Bertz CT molecular complexity index is 782. The van der Waals surface area contributed by atoms with E-state index in [0.29, 0.717) is 11.5 Å². The van der Waals surface area contributed by atoms with Gasteiger partial charge in [0.1, 0.15) is 10.1 Å². The first-order valence-corrected chi connectivity index (χ1v) is 6.48. The number of ether oxygens (including phenoxy) is 2. The van der Waals surface area contributed by atoms with Gasteiger partial charge in [-0.25, -0.2) is 0 Å². The number of pyridine rings is 1. The highest BCUT2D eigenvalue weighted by Crippen LogP contribution is 2.36. The van der Waals surface area contributed by atoms with Crippen LogP contribution in [0.1, 0.15) is 0 Å². The molecule has 6 heteroatoms. The summed E-state index contributed by atoms with van der Waals surface area (Å²) in [5.41, 5.74) is 1.69. The summed E-state index contributed by atoms with van der Waals surface area (Å²) in [4.78, 5) is 4.42. The standard InChI is InChI=1S/C13H12BrN3O2/c1-17-13(14)12-7-4-10(18-2)11(19-3)5-8(7)15-6-9(12)16-17/h4-6H,1-3H3. The van der Waals surface area contributed by atoms with E-state index in [1.807, 2.05) is 19.2 Å². The fourth-order valence-electron chi connectivity index (χ4n) is 2.17. The Morgan fingerprint density at radius 1 is 1.11 bits per heavy atom. The van der Waals surface area contributed by atoms with Gasteiger partial charge in [-0.15, -0.1) is 0 Å². The molecule has 5 nitrogen and oxygen atoms in total. The van der Waals surface area contributed by atoms with Crippen molar-refractivity contribution in [2.75, 3.05) is 14.2 Å². The van der Waals surface area contributed by atoms with Gasteiger partial charge < -0.3 is 9.47 Å². The Kier molecular flexibility index (Phi) is 2.82. The quantitative estimate of drug-likeness (QED) is 0.728. The average molecular weight is 322 g/mol. The Hall–Kier alpha value is -1.82. The molecule has 2 heterocycles. The molecule has 0 spiro atoms. The van der Waals surface area contributed by atoms with Gasteiger partial charge in [-0.1, -0.05) is 0 Å². The molecule has 0 unspecified atom stereocenters. The number of halogens is 1. The van der Waals surface area contributed by atoms with Crippen molar-refractivity contribution in [1.82, 2.24) is 14.8 Å². The fourth-order valence-corrected chi connectivity index (χ4v) is 2.66. The maximum Gasteiger partial charge on any atom is 0.162 e. The second-order valence-corrected chi connectivity index (χ2v) is 4.91. The third kappa shape index (κ3) is 1.74. The van der Waals surface area contributed by atoms with Gasteiger partial charge in [-0.3, -0.25) is 9.67 Å². The largest absolute Gasteiger partial charge is 0.493 e. The molecule has 0 amide bonds. The molecular formula is C13H12BrN3O2. The molecule has 19 heavy (non-hydrogen) atoms. The smallest absolute Gasteiger partial charge is 0.162 e. The van der Waals surface area contributed by atoms with Gasteiger partial charge in [0, 0.05) is 23.9 Å². The Morgan fingerprint density at radius 2 is 1.79 bits per heavy atom. The highest BCUT2D eigenvalue weighted by Gasteiger charge is 2.14. The first-order chi connectivity index (χ1) is 9.15. The van der Waals surface area contributed by atoms with Crippen LogP contribution in [-0.4, -0.2) is 29.0 Å². The summed E-state index contributed by atoms with van der Waals surface area (Å²) in [6, 6.07) is 3.79. The Balaban J connectivity index is 2.47. The molecule has 2 aromatic heterocycles. The summed E-state index contributed by atoms with van der Waals surface area (Å²) < 4.78 is 13.3. The predicted octanol–water partition coefficient (Wildman–Crippen LogP) is 2.90. The highest BCUT2D eigenvalue weighted by atomic mass is 79.9. The molecule has 0 atom stereocenters. The Morgan fingerprint density at radius 3 is 2.47 bits per heavy atom. The van der Waals surface area contributed by atoms with Crippen molar-refractivity contribution >= 4 is 37.7 Å². The summed E-state index contributed by atoms with van der Waals surface area (Å²) in [7, 11) is 5.12. The van der Waals surface area contributed by atoms with Crippen LogP contribution in [0.2, 0.25) is 0 Å². The normalized spacial score (nSPS) is 11.2. The summed E-state index contributed by atoms with van der Waals surface area (Å²) in [6.45, 7) is 0. The van der Waals surface area contributed by atoms with E-state index in [0.717, 1.165) is 26.4 Å². The monoisotopic (exact) mass is 321 g/mol. The molecule has 1 aromatic carbocycles. The van der Waals surface area contributed by atoms with Crippen molar-refractivity contribution in [3.8, 4) is 11.5 Å². The van der Waals surface area contributed by atoms with E-state index in [1.54, 1.807) is 25.1 Å². The van der Waals surface area contributed by atoms with Crippen LogP contribution in [0.3, 0.4) is 0 Å². The lowest BCUT2D eigenvalue weighted by atomic mass is 10.1. The van der Waals surface area contributed by atoms with Crippen LogP contribution in [0.25, 0.3) is 21.8 Å². The van der Waals surface area contributed by atoms with Crippen LogP contribution < -0.4 is 9.47 Å². The molecule has 0 radical (unpaired) electrons.